The van der Waals surface area contributed by atoms with E-state index in [1.165, 1.54) is 0 Å². The summed E-state index contributed by atoms with van der Waals surface area (Å²) >= 11 is 12.0. The molecule has 0 aliphatic carbocycles. The van der Waals surface area contributed by atoms with Crippen molar-refractivity contribution in [1.29, 1.82) is 0 Å². The van der Waals surface area contributed by atoms with E-state index in [0.29, 0.717) is 40.3 Å². The summed E-state index contributed by atoms with van der Waals surface area (Å²) in [6, 6.07) is 19.6. The first-order chi connectivity index (χ1) is 13.5. The Morgan fingerprint density at radius 2 is 1.61 bits per heavy atom. The Hall–Kier alpha value is -2.69. The van der Waals surface area contributed by atoms with Crippen molar-refractivity contribution < 1.29 is 14.3 Å². The molecule has 3 aromatic carbocycles. The summed E-state index contributed by atoms with van der Waals surface area (Å²) in [6.45, 7) is 2.85. The molecule has 4 nitrogen and oxygen atoms in total. The molecule has 0 atom stereocenters. The molecule has 1 N–H and O–H groups in total. The summed E-state index contributed by atoms with van der Waals surface area (Å²) in [6.07, 6.45) is 0. The molecule has 0 aromatic heterocycles. The third kappa shape index (κ3) is 5.65. The second-order valence-corrected chi connectivity index (χ2v) is 6.96. The van der Waals surface area contributed by atoms with Crippen LogP contribution in [0.3, 0.4) is 0 Å². The van der Waals surface area contributed by atoms with Gasteiger partial charge in [0.15, 0.2) is 0 Å². The van der Waals surface area contributed by atoms with Gasteiger partial charge in [-0.15, -0.1) is 0 Å². The molecule has 0 saturated carbocycles. The number of carbonyl (C=O) groups excluding carboxylic acids is 1. The lowest BCUT2D eigenvalue weighted by molar-refractivity contribution is 0.102. The van der Waals surface area contributed by atoms with E-state index in [1.807, 2.05) is 31.2 Å². The van der Waals surface area contributed by atoms with Crippen LogP contribution in [0.5, 0.6) is 11.5 Å². The van der Waals surface area contributed by atoms with E-state index in [-0.39, 0.29) is 5.91 Å². The number of benzene rings is 3. The van der Waals surface area contributed by atoms with E-state index >= 15 is 0 Å². The first-order valence-electron chi connectivity index (χ1n) is 8.70. The largest absolute Gasteiger partial charge is 0.490 e. The van der Waals surface area contributed by atoms with Crippen molar-refractivity contribution in [2.45, 2.75) is 6.92 Å². The number of hydrogen-bond acceptors (Lipinski definition) is 3. The number of anilines is 1. The average molecular weight is 416 g/mol. The van der Waals surface area contributed by atoms with E-state index in [2.05, 4.69) is 5.32 Å². The van der Waals surface area contributed by atoms with Crippen molar-refractivity contribution >= 4 is 34.8 Å². The number of aryl methyl sites for hydroxylation is 1. The van der Waals surface area contributed by atoms with Gasteiger partial charge in [-0.2, -0.15) is 0 Å². The summed E-state index contributed by atoms with van der Waals surface area (Å²) < 4.78 is 11.3. The second-order valence-electron chi connectivity index (χ2n) is 6.12. The molecule has 0 saturated heterocycles. The zero-order valence-electron chi connectivity index (χ0n) is 15.2. The van der Waals surface area contributed by atoms with Crippen LogP contribution in [-0.4, -0.2) is 19.1 Å². The summed E-state index contributed by atoms with van der Waals surface area (Å²) in [5.41, 5.74) is 2.10. The lowest BCUT2D eigenvalue weighted by atomic mass is 10.2. The van der Waals surface area contributed by atoms with Crippen LogP contribution in [0.1, 0.15) is 15.9 Å². The standard InChI is InChI=1S/C22H19Cl2NO3/c1-15-3-2-4-19(13-15)28-12-11-27-18-8-5-16(6-9-18)22(26)25-21-14-17(23)7-10-20(21)24/h2-10,13-14H,11-12H2,1H3,(H,25,26). The zero-order chi connectivity index (χ0) is 19.9. The fraction of sp³-hybridized carbons (Fsp3) is 0.136. The number of halogens is 2. The van der Waals surface area contributed by atoms with Crippen molar-refractivity contribution in [3.63, 3.8) is 0 Å². The van der Waals surface area contributed by atoms with Gasteiger partial charge < -0.3 is 14.8 Å². The van der Waals surface area contributed by atoms with Crippen molar-refractivity contribution in [2.75, 3.05) is 18.5 Å². The summed E-state index contributed by atoms with van der Waals surface area (Å²) in [7, 11) is 0. The van der Waals surface area contributed by atoms with Gasteiger partial charge in [-0.25, -0.2) is 0 Å². The SMILES string of the molecule is Cc1cccc(OCCOc2ccc(C(=O)Nc3cc(Cl)ccc3Cl)cc2)c1. The molecule has 28 heavy (non-hydrogen) atoms. The first kappa shape index (κ1) is 20.1. The van der Waals surface area contributed by atoms with Crippen molar-refractivity contribution in [1.82, 2.24) is 0 Å². The van der Waals surface area contributed by atoms with Crippen LogP contribution in [0.15, 0.2) is 66.7 Å². The normalized spacial score (nSPS) is 10.4. The van der Waals surface area contributed by atoms with Crippen molar-refractivity contribution in [3.05, 3.63) is 87.9 Å². The Labute approximate surface area is 174 Å². The molecule has 0 unspecified atom stereocenters. The maximum atomic E-state index is 12.4. The maximum Gasteiger partial charge on any atom is 0.255 e. The Bertz CT molecular complexity index is 958. The molecule has 0 heterocycles. The predicted octanol–water partition coefficient (Wildman–Crippen LogP) is 6.01. The van der Waals surface area contributed by atoms with E-state index in [4.69, 9.17) is 32.7 Å². The molecule has 0 spiro atoms. The highest BCUT2D eigenvalue weighted by Gasteiger charge is 2.09. The number of amides is 1. The number of nitrogens with one attached hydrogen (secondary N) is 1. The van der Waals surface area contributed by atoms with Crippen LogP contribution in [-0.2, 0) is 0 Å². The monoisotopic (exact) mass is 415 g/mol. The minimum atomic E-state index is -0.279. The van der Waals surface area contributed by atoms with Crippen LogP contribution < -0.4 is 14.8 Å². The Kier molecular flexibility index (Phi) is 6.80. The van der Waals surface area contributed by atoms with Crippen molar-refractivity contribution in [3.8, 4) is 11.5 Å². The predicted molar refractivity (Wildman–Crippen MR) is 113 cm³/mol. The second kappa shape index (κ2) is 9.49. The number of carbonyl (C=O) groups is 1. The number of ether oxygens (including phenoxy) is 2. The molecule has 0 aliphatic rings. The summed E-state index contributed by atoms with van der Waals surface area (Å²) in [4.78, 5) is 12.4. The molecule has 144 valence electrons. The van der Waals surface area contributed by atoms with Gasteiger partial charge in [-0.3, -0.25) is 4.79 Å². The molecule has 0 aliphatic heterocycles. The number of hydrogen-bond donors (Lipinski definition) is 1. The van der Waals surface area contributed by atoms with Gasteiger partial charge in [0.2, 0.25) is 0 Å². The quantitative estimate of drug-likeness (QED) is 0.480. The number of rotatable bonds is 7. The summed E-state index contributed by atoms with van der Waals surface area (Å²) in [5, 5.41) is 3.66. The molecule has 3 aromatic rings. The highest BCUT2D eigenvalue weighted by Crippen LogP contribution is 2.26. The minimum absolute atomic E-state index is 0.279. The van der Waals surface area contributed by atoms with Crippen LogP contribution in [0.2, 0.25) is 10.0 Å². The van der Waals surface area contributed by atoms with Gasteiger partial charge in [0.05, 0.1) is 10.7 Å². The Balaban J connectivity index is 1.50. The lowest BCUT2D eigenvalue weighted by Crippen LogP contribution is -2.12. The van der Waals surface area contributed by atoms with Crippen molar-refractivity contribution in [2.24, 2.45) is 0 Å². The highest BCUT2D eigenvalue weighted by molar-refractivity contribution is 6.35. The highest BCUT2D eigenvalue weighted by atomic mass is 35.5. The zero-order valence-corrected chi connectivity index (χ0v) is 16.8. The topological polar surface area (TPSA) is 47.6 Å². The molecular weight excluding hydrogens is 397 g/mol. The van der Waals surface area contributed by atoms with Crippen LogP contribution in [0.4, 0.5) is 5.69 Å². The van der Waals surface area contributed by atoms with Gasteiger partial charge in [0, 0.05) is 10.6 Å². The molecule has 0 bridgehead atoms. The molecule has 0 fully saturated rings. The van der Waals surface area contributed by atoms with Gasteiger partial charge in [-0.1, -0.05) is 35.3 Å². The van der Waals surface area contributed by atoms with Gasteiger partial charge in [0.1, 0.15) is 24.7 Å². The van der Waals surface area contributed by atoms with E-state index < -0.39 is 0 Å². The fourth-order valence-electron chi connectivity index (χ4n) is 2.51. The molecular formula is C22H19Cl2NO3. The smallest absolute Gasteiger partial charge is 0.255 e. The maximum absolute atomic E-state index is 12.4. The fourth-order valence-corrected chi connectivity index (χ4v) is 2.85. The van der Waals surface area contributed by atoms with Gasteiger partial charge in [0.25, 0.3) is 5.91 Å². The van der Waals surface area contributed by atoms with Gasteiger partial charge >= 0.3 is 0 Å². The average Bonchev–Trinajstić information content (AvgIpc) is 2.68. The molecule has 3 rings (SSSR count). The Morgan fingerprint density at radius 1 is 0.893 bits per heavy atom. The third-order valence-corrected chi connectivity index (χ3v) is 4.47. The molecule has 0 radical (unpaired) electrons. The summed E-state index contributed by atoms with van der Waals surface area (Å²) in [5.74, 6) is 1.19. The lowest BCUT2D eigenvalue weighted by Gasteiger charge is -2.10. The van der Waals surface area contributed by atoms with Crippen LogP contribution >= 0.6 is 23.2 Å². The minimum Gasteiger partial charge on any atom is -0.490 e. The van der Waals surface area contributed by atoms with Gasteiger partial charge in [-0.05, 0) is 67.1 Å². The molecule has 1 amide bonds. The van der Waals surface area contributed by atoms with Crippen LogP contribution in [0.25, 0.3) is 0 Å². The van der Waals surface area contributed by atoms with E-state index in [9.17, 15) is 4.79 Å². The Morgan fingerprint density at radius 3 is 2.32 bits per heavy atom. The third-order valence-electron chi connectivity index (χ3n) is 3.90. The molecule has 6 heteroatoms. The first-order valence-corrected chi connectivity index (χ1v) is 9.45. The van der Waals surface area contributed by atoms with Crippen LogP contribution in [0, 0.1) is 6.92 Å². The van der Waals surface area contributed by atoms with E-state index in [1.54, 1.807) is 42.5 Å². The van der Waals surface area contributed by atoms with E-state index in [0.717, 1.165) is 11.3 Å².